The number of carbonyl (C=O) groups is 2. The molecule has 0 radical (unpaired) electrons. The summed E-state index contributed by atoms with van der Waals surface area (Å²) in [4.78, 5) is 33.6. The first-order valence-corrected chi connectivity index (χ1v) is 11.6. The number of nitrogens with zero attached hydrogens (tertiary/aromatic N) is 4. The van der Waals surface area contributed by atoms with Gasteiger partial charge in [0.25, 0.3) is 5.91 Å². The van der Waals surface area contributed by atoms with Crippen molar-refractivity contribution in [3.05, 3.63) is 53.2 Å². The zero-order valence-corrected chi connectivity index (χ0v) is 17.9. The van der Waals surface area contributed by atoms with Gasteiger partial charge in [0.1, 0.15) is 5.82 Å². The largest absolute Gasteiger partial charge is 0.353 e. The molecule has 0 bridgehead atoms. The van der Waals surface area contributed by atoms with Gasteiger partial charge in [-0.25, -0.2) is 17.7 Å². The van der Waals surface area contributed by atoms with Crippen molar-refractivity contribution >= 4 is 44.9 Å². The number of carbonyl (C=O) groups excluding carboxylic acids is 2. The van der Waals surface area contributed by atoms with Crippen LogP contribution in [0, 0.1) is 5.92 Å². The van der Waals surface area contributed by atoms with E-state index in [1.165, 1.54) is 12.1 Å². The summed E-state index contributed by atoms with van der Waals surface area (Å²) in [5, 5.41) is 0.109. The lowest BCUT2D eigenvalue weighted by Gasteiger charge is -2.35. The van der Waals surface area contributed by atoms with Gasteiger partial charge in [-0.1, -0.05) is 24.6 Å². The molecule has 2 saturated heterocycles. The Hall–Kier alpha value is -2.65. The fraction of sp³-hybridized carbons (Fsp3) is 0.350. The van der Waals surface area contributed by atoms with Gasteiger partial charge in [0.15, 0.2) is 0 Å². The second kappa shape index (κ2) is 7.88. The molecule has 2 aliphatic heterocycles. The lowest BCUT2D eigenvalue weighted by atomic mass is 10.1. The van der Waals surface area contributed by atoms with E-state index in [4.69, 9.17) is 11.6 Å². The maximum atomic E-state index is 13.0. The fourth-order valence-corrected chi connectivity index (χ4v) is 5.81. The number of hydrogen-bond acceptors (Lipinski definition) is 6. The lowest BCUT2D eigenvalue weighted by molar-refractivity contribution is -0.119. The molecule has 1 aromatic carbocycles. The molecule has 10 heteroatoms. The predicted molar refractivity (Wildman–Crippen MR) is 114 cm³/mol. The van der Waals surface area contributed by atoms with Crippen LogP contribution >= 0.6 is 11.6 Å². The van der Waals surface area contributed by atoms with E-state index >= 15 is 0 Å². The molecule has 2 fully saturated rings. The van der Waals surface area contributed by atoms with Crippen molar-refractivity contribution in [2.75, 3.05) is 41.1 Å². The molecular weight excluding hydrogens is 428 g/mol. The number of rotatable bonds is 3. The van der Waals surface area contributed by atoms with Gasteiger partial charge in [0.05, 0.1) is 22.4 Å². The highest BCUT2D eigenvalue weighted by Crippen LogP contribution is 2.34. The monoisotopic (exact) mass is 448 g/mol. The third-order valence-electron chi connectivity index (χ3n) is 5.31. The van der Waals surface area contributed by atoms with Gasteiger partial charge in [-0.2, -0.15) is 0 Å². The van der Waals surface area contributed by atoms with E-state index in [1.54, 1.807) is 24.1 Å². The molecule has 1 unspecified atom stereocenters. The van der Waals surface area contributed by atoms with Crippen molar-refractivity contribution in [1.29, 1.82) is 0 Å². The maximum Gasteiger partial charge on any atom is 0.254 e. The van der Waals surface area contributed by atoms with Crippen molar-refractivity contribution in [3.8, 4) is 0 Å². The summed E-state index contributed by atoms with van der Waals surface area (Å²) in [6.07, 6.45) is 1.73. The molecule has 0 aliphatic carbocycles. The normalized spacial score (nSPS) is 21.2. The number of aromatic nitrogens is 1. The van der Waals surface area contributed by atoms with E-state index in [2.05, 4.69) is 9.88 Å². The van der Waals surface area contributed by atoms with Crippen LogP contribution in [0.5, 0.6) is 0 Å². The third-order valence-corrected chi connectivity index (χ3v) is 7.49. The summed E-state index contributed by atoms with van der Waals surface area (Å²) in [5.41, 5.74) is 0.326. The lowest BCUT2D eigenvalue weighted by Crippen LogP contribution is -2.49. The van der Waals surface area contributed by atoms with Crippen LogP contribution in [-0.4, -0.2) is 62.0 Å². The van der Waals surface area contributed by atoms with Gasteiger partial charge in [0, 0.05) is 37.9 Å². The number of benzene rings is 1. The number of pyridine rings is 1. The molecular formula is C20H21ClN4O4S. The first-order chi connectivity index (χ1) is 14.3. The molecule has 0 spiro atoms. The van der Waals surface area contributed by atoms with Crippen molar-refractivity contribution in [3.63, 3.8) is 0 Å². The van der Waals surface area contributed by atoms with Gasteiger partial charge in [0.2, 0.25) is 15.9 Å². The number of hydrogen-bond donors (Lipinski definition) is 0. The highest BCUT2D eigenvalue weighted by atomic mass is 35.5. The van der Waals surface area contributed by atoms with Crippen LogP contribution in [0.2, 0.25) is 5.02 Å². The number of amides is 2. The molecule has 3 heterocycles. The van der Waals surface area contributed by atoms with Gasteiger partial charge >= 0.3 is 0 Å². The van der Waals surface area contributed by atoms with Gasteiger partial charge in [-0.3, -0.25) is 9.59 Å². The Balaban J connectivity index is 1.53. The molecule has 2 amide bonds. The SMILES string of the molecule is CC1CS(=O)(=O)N(c2cc(C(=O)N3CCN(c4ccccn4)CC3)ccc2Cl)C1=O. The molecule has 4 rings (SSSR count). The fourth-order valence-electron chi connectivity index (χ4n) is 3.73. The smallest absolute Gasteiger partial charge is 0.254 e. The topological polar surface area (TPSA) is 90.9 Å². The van der Waals surface area contributed by atoms with Crippen LogP contribution < -0.4 is 9.21 Å². The summed E-state index contributed by atoms with van der Waals surface area (Å²) in [6, 6.07) is 10.1. The Bertz CT molecular complexity index is 1090. The molecule has 0 N–H and O–H groups in total. The van der Waals surface area contributed by atoms with E-state index in [0.29, 0.717) is 31.7 Å². The summed E-state index contributed by atoms with van der Waals surface area (Å²) >= 11 is 6.20. The van der Waals surface area contributed by atoms with Crippen molar-refractivity contribution in [2.45, 2.75) is 6.92 Å². The molecule has 2 aliphatic rings. The standard InChI is InChI=1S/C20H21ClN4O4S/c1-14-13-30(28,29)25(19(14)26)17-12-15(5-6-16(17)21)20(27)24-10-8-23(9-11-24)18-4-2-3-7-22-18/h2-7,12,14H,8-11,13H2,1H3. The summed E-state index contributed by atoms with van der Waals surface area (Å²) in [6.45, 7) is 3.85. The van der Waals surface area contributed by atoms with Crippen LogP contribution in [0.25, 0.3) is 0 Å². The Morgan fingerprint density at radius 2 is 1.87 bits per heavy atom. The minimum absolute atomic E-state index is 0.0315. The number of piperazine rings is 1. The molecule has 1 aromatic heterocycles. The molecule has 30 heavy (non-hydrogen) atoms. The van der Waals surface area contributed by atoms with E-state index < -0.39 is 21.8 Å². The second-order valence-corrected chi connectivity index (χ2v) is 9.69. The minimum Gasteiger partial charge on any atom is -0.353 e. The van der Waals surface area contributed by atoms with Gasteiger partial charge < -0.3 is 9.80 Å². The Kier molecular flexibility index (Phi) is 5.42. The summed E-state index contributed by atoms with van der Waals surface area (Å²) in [7, 11) is -3.81. The van der Waals surface area contributed by atoms with Gasteiger partial charge in [-0.05, 0) is 30.3 Å². The maximum absolute atomic E-state index is 13.0. The highest BCUT2D eigenvalue weighted by molar-refractivity contribution is 7.94. The summed E-state index contributed by atoms with van der Waals surface area (Å²) < 4.78 is 25.6. The Labute approximate surface area is 180 Å². The number of anilines is 2. The van der Waals surface area contributed by atoms with Crippen LogP contribution in [0.4, 0.5) is 11.5 Å². The quantitative estimate of drug-likeness (QED) is 0.713. The van der Waals surface area contributed by atoms with E-state index in [0.717, 1.165) is 10.1 Å². The van der Waals surface area contributed by atoms with Gasteiger partial charge in [-0.15, -0.1) is 0 Å². The van der Waals surface area contributed by atoms with Crippen molar-refractivity contribution in [2.24, 2.45) is 5.92 Å². The average molecular weight is 449 g/mol. The Morgan fingerprint density at radius 1 is 1.13 bits per heavy atom. The average Bonchev–Trinajstić information content (AvgIpc) is 2.95. The molecule has 1 atom stereocenters. The third kappa shape index (κ3) is 3.75. The van der Waals surface area contributed by atoms with E-state index in [-0.39, 0.29) is 22.4 Å². The zero-order chi connectivity index (χ0) is 21.5. The van der Waals surface area contributed by atoms with E-state index in [1.807, 2.05) is 18.2 Å². The summed E-state index contributed by atoms with van der Waals surface area (Å²) in [5.74, 6) is -0.818. The molecule has 158 valence electrons. The number of sulfonamides is 1. The van der Waals surface area contributed by atoms with Crippen LogP contribution in [-0.2, 0) is 14.8 Å². The van der Waals surface area contributed by atoms with Crippen LogP contribution in [0.3, 0.4) is 0 Å². The molecule has 2 aromatic rings. The van der Waals surface area contributed by atoms with Crippen LogP contribution in [0.15, 0.2) is 42.6 Å². The predicted octanol–water partition coefficient (Wildman–Crippen LogP) is 2.01. The first-order valence-electron chi connectivity index (χ1n) is 9.59. The molecule has 8 nitrogen and oxygen atoms in total. The number of halogens is 1. The van der Waals surface area contributed by atoms with Crippen LogP contribution in [0.1, 0.15) is 17.3 Å². The first kappa shape index (κ1) is 20.6. The second-order valence-electron chi connectivity index (χ2n) is 7.42. The van der Waals surface area contributed by atoms with Crippen molar-refractivity contribution < 1.29 is 18.0 Å². The Morgan fingerprint density at radius 3 is 2.47 bits per heavy atom. The zero-order valence-electron chi connectivity index (χ0n) is 16.4. The van der Waals surface area contributed by atoms with E-state index in [9.17, 15) is 18.0 Å². The minimum atomic E-state index is -3.81. The molecule has 0 saturated carbocycles. The van der Waals surface area contributed by atoms with Crippen molar-refractivity contribution in [1.82, 2.24) is 9.88 Å². The highest BCUT2D eigenvalue weighted by Gasteiger charge is 2.43.